The Hall–Kier alpha value is -0.530. The highest BCUT2D eigenvalue weighted by atomic mass is 35.5. The van der Waals surface area contributed by atoms with Gasteiger partial charge in [-0.15, -0.1) is 0 Å². The molecule has 3 saturated carbocycles. The van der Waals surface area contributed by atoms with Gasteiger partial charge in [0.1, 0.15) is 0 Å². The van der Waals surface area contributed by atoms with Crippen molar-refractivity contribution in [3.05, 3.63) is 34.9 Å². The molecule has 0 radical (unpaired) electrons. The zero-order chi connectivity index (χ0) is 12.8. The third-order valence-corrected chi connectivity index (χ3v) is 5.53. The number of rotatable bonds is 3. The summed E-state index contributed by atoms with van der Waals surface area (Å²) in [5.74, 6) is 1.88. The number of nitrogens with one attached hydrogen (secondary N) is 1. The molecule has 2 bridgehead atoms. The van der Waals surface area contributed by atoms with Gasteiger partial charge in [-0.1, -0.05) is 37.6 Å². The predicted molar refractivity (Wildman–Crippen MR) is 76.7 cm³/mol. The Kier molecular flexibility index (Phi) is 3.15. The summed E-state index contributed by atoms with van der Waals surface area (Å²) in [6.07, 6.45) is 4.16. The number of hydrogen-bond donors (Lipinski definition) is 1. The molecule has 1 aromatic carbocycles. The van der Waals surface area contributed by atoms with Crippen molar-refractivity contribution in [3.63, 3.8) is 0 Å². The van der Waals surface area contributed by atoms with Crippen LogP contribution in [0, 0.1) is 17.3 Å². The van der Waals surface area contributed by atoms with E-state index in [-0.39, 0.29) is 0 Å². The predicted octanol–water partition coefficient (Wildman–Crippen LogP) is 4.25. The SMILES string of the molecule is CC1(C)C2CC(NCc3cccc(Cl)c3)CC1C2. The van der Waals surface area contributed by atoms with Crippen molar-refractivity contribution >= 4 is 11.6 Å². The molecule has 2 unspecified atom stereocenters. The summed E-state index contributed by atoms with van der Waals surface area (Å²) < 4.78 is 0. The number of hydrogen-bond acceptors (Lipinski definition) is 1. The normalized spacial score (nSPS) is 32.9. The van der Waals surface area contributed by atoms with Gasteiger partial charge in [-0.2, -0.15) is 0 Å². The van der Waals surface area contributed by atoms with Crippen LogP contribution in [0.25, 0.3) is 0 Å². The van der Waals surface area contributed by atoms with Crippen LogP contribution in [-0.4, -0.2) is 6.04 Å². The van der Waals surface area contributed by atoms with E-state index < -0.39 is 0 Å². The van der Waals surface area contributed by atoms with Gasteiger partial charge >= 0.3 is 0 Å². The zero-order valence-electron chi connectivity index (χ0n) is 11.2. The van der Waals surface area contributed by atoms with Crippen molar-refractivity contribution in [1.29, 1.82) is 0 Å². The lowest BCUT2D eigenvalue weighted by atomic mass is 9.48. The van der Waals surface area contributed by atoms with Gasteiger partial charge in [0.2, 0.25) is 0 Å². The fourth-order valence-corrected chi connectivity index (χ4v) is 4.00. The first kappa shape index (κ1) is 12.5. The van der Waals surface area contributed by atoms with Crippen molar-refractivity contribution in [2.75, 3.05) is 0 Å². The molecule has 1 nitrogen and oxygen atoms in total. The van der Waals surface area contributed by atoms with E-state index in [4.69, 9.17) is 11.6 Å². The van der Waals surface area contributed by atoms with Crippen LogP contribution < -0.4 is 5.32 Å². The molecular formula is C16H22ClN. The Morgan fingerprint density at radius 1 is 1.22 bits per heavy atom. The van der Waals surface area contributed by atoms with E-state index in [0.29, 0.717) is 11.5 Å². The largest absolute Gasteiger partial charge is 0.310 e. The Labute approximate surface area is 115 Å². The molecule has 3 fully saturated rings. The van der Waals surface area contributed by atoms with Gasteiger partial charge in [0, 0.05) is 17.6 Å². The highest BCUT2D eigenvalue weighted by molar-refractivity contribution is 6.30. The first-order valence-corrected chi connectivity index (χ1v) is 7.41. The lowest BCUT2D eigenvalue weighted by molar-refractivity contribution is -0.0787. The van der Waals surface area contributed by atoms with Crippen LogP contribution in [0.1, 0.15) is 38.7 Å². The quantitative estimate of drug-likeness (QED) is 0.860. The summed E-state index contributed by atoms with van der Waals surface area (Å²) >= 11 is 6.01. The highest BCUT2D eigenvalue weighted by Gasteiger charge is 2.52. The van der Waals surface area contributed by atoms with Gasteiger partial charge in [0.25, 0.3) is 0 Å². The molecule has 0 amide bonds. The average Bonchev–Trinajstić information content (AvgIpc) is 2.37. The van der Waals surface area contributed by atoms with Gasteiger partial charge in [0.15, 0.2) is 0 Å². The maximum absolute atomic E-state index is 6.01. The first-order valence-electron chi connectivity index (χ1n) is 7.03. The van der Waals surface area contributed by atoms with E-state index in [1.807, 2.05) is 12.1 Å². The number of benzene rings is 1. The molecule has 2 atom stereocenters. The van der Waals surface area contributed by atoms with E-state index >= 15 is 0 Å². The van der Waals surface area contributed by atoms with Gasteiger partial charge in [-0.3, -0.25) is 0 Å². The fourth-order valence-electron chi connectivity index (χ4n) is 3.78. The minimum Gasteiger partial charge on any atom is -0.310 e. The maximum Gasteiger partial charge on any atom is 0.0409 e. The molecule has 1 aromatic rings. The average molecular weight is 264 g/mol. The number of halogens is 1. The smallest absolute Gasteiger partial charge is 0.0409 e. The van der Waals surface area contributed by atoms with E-state index in [1.54, 1.807) is 0 Å². The molecule has 0 heterocycles. The van der Waals surface area contributed by atoms with Crippen LogP contribution in [0.15, 0.2) is 24.3 Å². The van der Waals surface area contributed by atoms with E-state index in [2.05, 4.69) is 31.3 Å². The van der Waals surface area contributed by atoms with Crippen LogP contribution >= 0.6 is 11.6 Å². The molecule has 98 valence electrons. The summed E-state index contributed by atoms with van der Waals surface area (Å²) in [5, 5.41) is 4.54. The van der Waals surface area contributed by atoms with Crippen molar-refractivity contribution in [2.45, 2.75) is 45.7 Å². The summed E-state index contributed by atoms with van der Waals surface area (Å²) in [6.45, 7) is 5.84. The van der Waals surface area contributed by atoms with Gasteiger partial charge in [-0.05, 0) is 54.2 Å². The third kappa shape index (κ3) is 2.19. The molecule has 2 heteroatoms. The molecule has 0 aliphatic heterocycles. The standard InChI is InChI=1S/C16H22ClN/c1-16(2)12-7-13(16)9-15(8-12)18-10-11-4-3-5-14(17)6-11/h3-6,12-13,15,18H,7-10H2,1-2H3. The van der Waals surface area contributed by atoms with E-state index in [0.717, 1.165) is 23.4 Å². The van der Waals surface area contributed by atoms with Crippen molar-refractivity contribution < 1.29 is 0 Å². The molecule has 0 spiro atoms. The molecule has 0 aromatic heterocycles. The highest BCUT2D eigenvalue weighted by Crippen LogP contribution is 2.59. The molecular weight excluding hydrogens is 242 g/mol. The number of fused-ring (bicyclic) bond motifs is 2. The second-order valence-electron chi connectivity index (χ2n) is 6.63. The fraction of sp³-hybridized carbons (Fsp3) is 0.625. The van der Waals surface area contributed by atoms with Crippen LogP contribution in [0.3, 0.4) is 0 Å². The Morgan fingerprint density at radius 3 is 2.56 bits per heavy atom. The summed E-state index contributed by atoms with van der Waals surface area (Å²) in [6, 6.07) is 8.87. The lowest BCUT2D eigenvalue weighted by Crippen LogP contribution is -2.55. The van der Waals surface area contributed by atoms with Crippen molar-refractivity contribution in [1.82, 2.24) is 5.32 Å². The molecule has 3 aliphatic carbocycles. The minimum absolute atomic E-state index is 0.605. The van der Waals surface area contributed by atoms with Gasteiger partial charge in [-0.25, -0.2) is 0 Å². The van der Waals surface area contributed by atoms with Crippen LogP contribution in [0.2, 0.25) is 5.02 Å². The Bertz CT molecular complexity index is 426. The van der Waals surface area contributed by atoms with Crippen LogP contribution in [-0.2, 0) is 6.54 Å². The Morgan fingerprint density at radius 2 is 1.94 bits per heavy atom. The molecule has 4 rings (SSSR count). The topological polar surface area (TPSA) is 12.0 Å². The van der Waals surface area contributed by atoms with Gasteiger partial charge < -0.3 is 5.32 Å². The van der Waals surface area contributed by atoms with Crippen LogP contribution in [0.4, 0.5) is 0 Å². The van der Waals surface area contributed by atoms with Crippen molar-refractivity contribution in [2.24, 2.45) is 17.3 Å². The van der Waals surface area contributed by atoms with E-state index in [9.17, 15) is 0 Å². The molecule has 3 aliphatic rings. The zero-order valence-corrected chi connectivity index (χ0v) is 12.0. The summed E-state index contributed by atoms with van der Waals surface area (Å²) in [4.78, 5) is 0. The molecule has 1 N–H and O–H groups in total. The second kappa shape index (κ2) is 4.54. The summed E-state index contributed by atoms with van der Waals surface area (Å²) in [5.41, 5.74) is 1.90. The molecule has 18 heavy (non-hydrogen) atoms. The maximum atomic E-state index is 6.01. The first-order chi connectivity index (χ1) is 8.55. The monoisotopic (exact) mass is 263 g/mol. The van der Waals surface area contributed by atoms with E-state index in [1.165, 1.54) is 24.8 Å². The second-order valence-corrected chi connectivity index (χ2v) is 7.07. The van der Waals surface area contributed by atoms with Crippen LogP contribution in [0.5, 0.6) is 0 Å². The van der Waals surface area contributed by atoms with Crippen molar-refractivity contribution in [3.8, 4) is 0 Å². The lowest BCUT2D eigenvalue weighted by Gasteiger charge is -2.59. The minimum atomic E-state index is 0.605. The molecule has 0 saturated heterocycles. The third-order valence-electron chi connectivity index (χ3n) is 5.30. The van der Waals surface area contributed by atoms with Gasteiger partial charge in [0.05, 0.1) is 0 Å². The summed E-state index contributed by atoms with van der Waals surface area (Å²) in [7, 11) is 0. The Balaban J connectivity index is 1.54.